The van der Waals surface area contributed by atoms with Gasteiger partial charge >= 0.3 is 5.97 Å². The molecule has 0 amide bonds. The molecule has 0 saturated carbocycles. The zero-order chi connectivity index (χ0) is 14.0. The summed E-state index contributed by atoms with van der Waals surface area (Å²) in [6, 6.07) is 1.84. The van der Waals surface area contributed by atoms with Crippen molar-refractivity contribution < 1.29 is 9.90 Å². The van der Waals surface area contributed by atoms with Crippen LogP contribution in [-0.2, 0) is 4.79 Å². The first-order chi connectivity index (χ1) is 8.52. The van der Waals surface area contributed by atoms with Crippen LogP contribution in [0.5, 0.6) is 0 Å². The summed E-state index contributed by atoms with van der Waals surface area (Å²) in [5.74, 6) is -0.694. The second-order valence-corrected chi connectivity index (χ2v) is 5.16. The smallest absolute Gasteiger partial charge is 0.346 e. The Morgan fingerprint density at radius 2 is 1.83 bits per heavy atom. The van der Waals surface area contributed by atoms with Crippen molar-refractivity contribution in [1.82, 2.24) is 0 Å². The Morgan fingerprint density at radius 1 is 1.22 bits per heavy atom. The van der Waals surface area contributed by atoms with Crippen LogP contribution in [0.1, 0.15) is 65.7 Å². The lowest BCUT2D eigenvalue weighted by molar-refractivity contribution is -0.132. The van der Waals surface area contributed by atoms with E-state index >= 15 is 0 Å². The molecule has 0 aliphatic rings. The highest BCUT2D eigenvalue weighted by Gasteiger charge is 2.14. The molecule has 0 aromatic rings. The number of nitriles is 1. The minimum absolute atomic E-state index is 0.0424. The summed E-state index contributed by atoms with van der Waals surface area (Å²) in [5.41, 5.74) is 0.774. The molecule has 0 bridgehead atoms. The Morgan fingerprint density at radius 3 is 2.28 bits per heavy atom. The molecule has 102 valence electrons. The molecule has 0 fully saturated rings. The lowest BCUT2D eigenvalue weighted by atomic mass is 9.93. The number of allylic oxidation sites excluding steroid dienone is 1. The van der Waals surface area contributed by atoms with Crippen molar-refractivity contribution in [3.05, 3.63) is 11.1 Å². The second-order valence-electron chi connectivity index (χ2n) is 5.16. The molecule has 0 aromatic heterocycles. The van der Waals surface area contributed by atoms with E-state index in [1.807, 2.05) is 19.9 Å². The molecule has 0 aromatic carbocycles. The zero-order valence-corrected chi connectivity index (χ0v) is 11.8. The molecule has 3 nitrogen and oxygen atoms in total. The molecule has 0 unspecified atom stereocenters. The first-order valence-corrected chi connectivity index (χ1v) is 6.88. The van der Waals surface area contributed by atoms with Gasteiger partial charge in [-0.1, -0.05) is 46.5 Å². The Balaban J connectivity index is 4.50. The standard InChI is InChI=1S/C15H25NO2/c1-4-5-6-7-8-9-13(10-12(2)3)14(11-16)15(17)18/h12H,4-10H2,1-3H3,(H,17,18). The maximum absolute atomic E-state index is 11.0. The molecule has 0 heterocycles. The molecule has 0 atom stereocenters. The molecule has 0 radical (unpaired) electrons. The van der Waals surface area contributed by atoms with Gasteiger partial charge in [0.25, 0.3) is 0 Å². The van der Waals surface area contributed by atoms with E-state index in [1.54, 1.807) is 0 Å². The minimum atomic E-state index is -1.08. The Kier molecular flexibility index (Phi) is 9.00. The van der Waals surface area contributed by atoms with Gasteiger partial charge in [-0.3, -0.25) is 0 Å². The van der Waals surface area contributed by atoms with Crippen molar-refractivity contribution in [1.29, 1.82) is 5.26 Å². The van der Waals surface area contributed by atoms with Crippen LogP contribution in [0.15, 0.2) is 11.1 Å². The number of hydrogen-bond donors (Lipinski definition) is 1. The summed E-state index contributed by atoms with van der Waals surface area (Å²) >= 11 is 0. The van der Waals surface area contributed by atoms with E-state index in [0.717, 1.165) is 24.8 Å². The third-order valence-corrected chi connectivity index (χ3v) is 2.92. The van der Waals surface area contributed by atoms with Gasteiger partial charge in [-0.15, -0.1) is 0 Å². The predicted octanol–water partition coefficient (Wildman–Crippen LogP) is 4.30. The fourth-order valence-electron chi connectivity index (χ4n) is 2.04. The van der Waals surface area contributed by atoms with Crippen molar-refractivity contribution in [3.63, 3.8) is 0 Å². The summed E-state index contributed by atoms with van der Waals surface area (Å²) in [5, 5.41) is 17.9. The number of carbonyl (C=O) groups is 1. The largest absolute Gasteiger partial charge is 0.477 e. The maximum atomic E-state index is 11.0. The third-order valence-electron chi connectivity index (χ3n) is 2.92. The maximum Gasteiger partial charge on any atom is 0.346 e. The minimum Gasteiger partial charge on any atom is -0.477 e. The Bertz CT molecular complexity index is 324. The molecule has 18 heavy (non-hydrogen) atoms. The molecule has 0 saturated heterocycles. The summed E-state index contributed by atoms with van der Waals surface area (Å²) < 4.78 is 0. The van der Waals surface area contributed by atoms with Crippen molar-refractivity contribution in [3.8, 4) is 6.07 Å². The monoisotopic (exact) mass is 251 g/mol. The number of carboxylic acid groups (broad SMARTS) is 1. The summed E-state index contributed by atoms with van der Waals surface area (Å²) in [7, 11) is 0. The molecular formula is C15H25NO2. The van der Waals surface area contributed by atoms with E-state index in [4.69, 9.17) is 10.4 Å². The van der Waals surface area contributed by atoms with Crippen LogP contribution in [0.4, 0.5) is 0 Å². The van der Waals surface area contributed by atoms with E-state index in [-0.39, 0.29) is 5.57 Å². The van der Waals surface area contributed by atoms with Gasteiger partial charge < -0.3 is 5.11 Å². The number of hydrogen-bond acceptors (Lipinski definition) is 2. The van der Waals surface area contributed by atoms with E-state index in [2.05, 4.69) is 6.92 Å². The second kappa shape index (κ2) is 9.70. The van der Waals surface area contributed by atoms with Gasteiger partial charge in [0.05, 0.1) is 0 Å². The molecule has 0 spiro atoms. The predicted molar refractivity (Wildman–Crippen MR) is 73.1 cm³/mol. The third kappa shape index (κ3) is 7.11. The Labute approximate surface area is 111 Å². The quantitative estimate of drug-likeness (QED) is 0.377. The highest BCUT2D eigenvalue weighted by atomic mass is 16.4. The molecule has 1 N–H and O–H groups in total. The highest BCUT2D eigenvalue weighted by molar-refractivity contribution is 5.92. The van der Waals surface area contributed by atoms with Crippen LogP contribution in [0.2, 0.25) is 0 Å². The van der Waals surface area contributed by atoms with Gasteiger partial charge in [0.15, 0.2) is 0 Å². The number of aliphatic carboxylic acids is 1. The van der Waals surface area contributed by atoms with Crippen LogP contribution < -0.4 is 0 Å². The summed E-state index contributed by atoms with van der Waals surface area (Å²) in [6.07, 6.45) is 7.19. The van der Waals surface area contributed by atoms with E-state index < -0.39 is 5.97 Å². The van der Waals surface area contributed by atoms with Gasteiger partial charge in [0.1, 0.15) is 11.6 Å². The Hall–Kier alpha value is -1.30. The lowest BCUT2D eigenvalue weighted by Gasteiger charge is -2.11. The van der Waals surface area contributed by atoms with Gasteiger partial charge in [-0.25, -0.2) is 4.79 Å². The topological polar surface area (TPSA) is 61.1 Å². The number of carboxylic acids is 1. The zero-order valence-electron chi connectivity index (χ0n) is 11.8. The van der Waals surface area contributed by atoms with Crippen molar-refractivity contribution in [2.24, 2.45) is 5.92 Å². The van der Waals surface area contributed by atoms with Crippen molar-refractivity contribution in [2.45, 2.75) is 65.7 Å². The molecule has 3 heteroatoms. The fourth-order valence-corrected chi connectivity index (χ4v) is 2.04. The average molecular weight is 251 g/mol. The average Bonchev–Trinajstić information content (AvgIpc) is 2.28. The highest BCUT2D eigenvalue weighted by Crippen LogP contribution is 2.22. The lowest BCUT2D eigenvalue weighted by Crippen LogP contribution is -2.05. The summed E-state index contributed by atoms with van der Waals surface area (Å²) in [4.78, 5) is 11.0. The molecule has 0 aliphatic heterocycles. The van der Waals surface area contributed by atoms with Gasteiger partial charge in [0.2, 0.25) is 0 Å². The summed E-state index contributed by atoms with van der Waals surface area (Å²) in [6.45, 7) is 6.27. The van der Waals surface area contributed by atoms with Crippen molar-refractivity contribution in [2.75, 3.05) is 0 Å². The van der Waals surface area contributed by atoms with Gasteiger partial charge in [-0.05, 0) is 30.8 Å². The van der Waals surface area contributed by atoms with Gasteiger partial charge in [0, 0.05) is 0 Å². The normalized spacial score (nSPS) is 12.2. The molecule has 0 aliphatic carbocycles. The number of nitrogens with zero attached hydrogens (tertiary/aromatic N) is 1. The molecular weight excluding hydrogens is 226 g/mol. The number of rotatable bonds is 9. The van der Waals surface area contributed by atoms with E-state index in [1.165, 1.54) is 19.3 Å². The van der Waals surface area contributed by atoms with Crippen molar-refractivity contribution >= 4 is 5.97 Å². The van der Waals surface area contributed by atoms with Crippen LogP contribution in [0, 0.1) is 17.2 Å². The van der Waals surface area contributed by atoms with Gasteiger partial charge in [-0.2, -0.15) is 5.26 Å². The number of unbranched alkanes of at least 4 members (excludes halogenated alkanes) is 4. The van der Waals surface area contributed by atoms with Crippen LogP contribution >= 0.6 is 0 Å². The molecule has 0 rings (SSSR count). The van der Waals surface area contributed by atoms with Crippen LogP contribution in [0.25, 0.3) is 0 Å². The first kappa shape index (κ1) is 16.7. The van der Waals surface area contributed by atoms with Crippen LogP contribution in [-0.4, -0.2) is 11.1 Å². The first-order valence-electron chi connectivity index (χ1n) is 6.88. The van der Waals surface area contributed by atoms with Crippen LogP contribution in [0.3, 0.4) is 0 Å². The van der Waals surface area contributed by atoms with E-state index in [0.29, 0.717) is 12.3 Å². The fraction of sp³-hybridized carbons (Fsp3) is 0.733. The van der Waals surface area contributed by atoms with E-state index in [9.17, 15) is 4.79 Å². The SMILES string of the molecule is CCCCCCCC(CC(C)C)=C(C#N)C(=O)O.